The molecule has 2 aromatic carbocycles. The van der Waals surface area contributed by atoms with Crippen molar-refractivity contribution in [2.75, 3.05) is 0 Å². The molecule has 25 heavy (non-hydrogen) atoms. The van der Waals surface area contributed by atoms with Crippen molar-refractivity contribution >= 4 is 10.9 Å². The molecule has 0 atom stereocenters. The van der Waals surface area contributed by atoms with E-state index in [4.69, 9.17) is 4.98 Å². The zero-order chi connectivity index (χ0) is 17.2. The summed E-state index contributed by atoms with van der Waals surface area (Å²) < 4.78 is 0. The summed E-state index contributed by atoms with van der Waals surface area (Å²) in [5.41, 5.74) is 9.56. The quantitative estimate of drug-likeness (QED) is 0.607. The summed E-state index contributed by atoms with van der Waals surface area (Å²) >= 11 is 0. The Hall–Kier alpha value is -3.24. The Balaban J connectivity index is 2.02. The standard InChI is InChI=1S/C21H17N3O/c22-13-14-6-8-16(9-7-14)20-17(15-4-2-1-3-5-15)12-18-19(24-20)10-11-23-21(18)25/h1-12H,13,22H2,(H,23,25)/p+1. The maximum absolute atomic E-state index is 12.2. The molecule has 0 saturated heterocycles. The van der Waals surface area contributed by atoms with Crippen LogP contribution < -0.4 is 11.3 Å². The SMILES string of the molecule is [NH3+]Cc1ccc(-c2nc3cc[nH]c(=O)c3cc2-c2ccccc2)cc1. The molecule has 0 saturated carbocycles. The van der Waals surface area contributed by atoms with Crippen LogP contribution in [0.1, 0.15) is 5.56 Å². The van der Waals surface area contributed by atoms with E-state index in [-0.39, 0.29) is 5.56 Å². The lowest BCUT2D eigenvalue weighted by molar-refractivity contribution is -0.386. The van der Waals surface area contributed by atoms with E-state index in [1.54, 1.807) is 6.20 Å². The van der Waals surface area contributed by atoms with Gasteiger partial charge in [-0.1, -0.05) is 54.6 Å². The van der Waals surface area contributed by atoms with Gasteiger partial charge in [-0.2, -0.15) is 0 Å². The highest BCUT2D eigenvalue weighted by Gasteiger charge is 2.12. The number of benzene rings is 2. The third-order valence-electron chi connectivity index (χ3n) is 4.35. The van der Waals surface area contributed by atoms with Crippen LogP contribution in [0.3, 0.4) is 0 Å². The summed E-state index contributed by atoms with van der Waals surface area (Å²) in [6, 6.07) is 22.1. The third-order valence-corrected chi connectivity index (χ3v) is 4.35. The van der Waals surface area contributed by atoms with E-state index in [2.05, 4.69) is 35.0 Å². The number of aromatic nitrogens is 2. The van der Waals surface area contributed by atoms with E-state index in [1.807, 2.05) is 42.5 Å². The molecule has 122 valence electrons. The monoisotopic (exact) mass is 328 g/mol. The molecule has 0 amide bonds. The first-order valence-electron chi connectivity index (χ1n) is 8.22. The molecule has 2 heterocycles. The van der Waals surface area contributed by atoms with Crippen LogP contribution in [-0.4, -0.2) is 9.97 Å². The minimum absolute atomic E-state index is 0.124. The average molecular weight is 328 g/mol. The molecule has 0 unspecified atom stereocenters. The van der Waals surface area contributed by atoms with E-state index >= 15 is 0 Å². The van der Waals surface area contributed by atoms with Crippen LogP contribution in [0.2, 0.25) is 0 Å². The van der Waals surface area contributed by atoms with Crippen molar-refractivity contribution in [3.8, 4) is 22.4 Å². The largest absolute Gasteiger partial charge is 0.354 e. The van der Waals surface area contributed by atoms with Gasteiger partial charge in [0.1, 0.15) is 0 Å². The molecular formula is C21H18N3O+. The average Bonchev–Trinajstić information content (AvgIpc) is 2.68. The van der Waals surface area contributed by atoms with Gasteiger partial charge in [-0.15, -0.1) is 0 Å². The molecule has 0 spiro atoms. The van der Waals surface area contributed by atoms with E-state index in [0.29, 0.717) is 10.9 Å². The molecule has 4 nitrogen and oxygen atoms in total. The number of rotatable bonds is 3. The van der Waals surface area contributed by atoms with Gasteiger partial charge in [0.25, 0.3) is 5.56 Å². The van der Waals surface area contributed by atoms with Crippen molar-refractivity contribution in [3.63, 3.8) is 0 Å². The molecule has 4 rings (SSSR count). The van der Waals surface area contributed by atoms with Crippen LogP contribution in [0.25, 0.3) is 33.3 Å². The maximum Gasteiger partial charge on any atom is 0.257 e. The van der Waals surface area contributed by atoms with Gasteiger partial charge >= 0.3 is 0 Å². The van der Waals surface area contributed by atoms with Crippen LogP contribution in [-0.2, 0) is 6.54 Å². The highest BCUT2D eigenvalue weighted by molar-refractivity contribution is 5.91. The lowest BCUT2D eigenvalue weighted by Gasteiger charge is -2.11. The number of aromatic amines is 1. The fourth-order valence-corrected chi connectivity index (χ4v) is 3.00. The number of fused-ring (bicyclic) bond motifs is 1. The van der Waals surface area contributed by atoms with E-state index in [0.717, 1.165) is 28.9 Å². The summed E-state index contributed by atoms with van der Waals surface area (Å²) in [7, 11) is 0. The Morgan fingerprint density at radius 2 is 1.68 bits per heavy atom. The molecule has 0 aliphatic carbocycles. The van der Waals surface area contributed by atoms with Crippen LogP contribution in [0.15, 0.2) is 77.7 Å². The highest BCUT2D eigenvalue weighted by Crippen LogP contribution is 2.32. The minimum Gasteiger partial charge on any atom is -0.354 e. The molecule has 4 N–H and O–H groups in total. The van der Waals surface area contributed by atoms with Crippen LogP contribution in [0.5, 0.6) is 0 Å². The number of quaternary nitrogens is 1. The second kappa shape index (κ2) is 6.34. The van der Waals surface area contributed by atoms with Crippen LogP contribution >= 0.6 is 0 Å². The van der Waals surface area contributed by atoms with Gasteiger partial charge in [0.05, 0.1) is 23.1 Å². The molecule has 0 bridgehead atoms. The normalized spacial score (nSPS) is 10.9. The Kier molecular flexibility index (Phi) is 3.88. The van der Waals surface area contributed by atoms with Gasteiger partial charge in [-0.05, 0) is 17.7 Å². The smallest absolute Gasteiger partial charge is 0.257 e. The summed E-state index contributed by atoms with van der Waals surface area (Å²) in [5.74, 6) is 0. The highest BCUT2D eigenvalue weighted by atomic mass is 16.1. The Labute approximate surface area is 145 Å². The summed E-state index contributed by atoms with van der Waals surface area (Å²) in [6.45, 7) is 0.756. The second-order valence-electron chi connectivity index (χ2n) is 5.94. The van der Waals surface area contributed by atoms with Crippen molar-refractivity contribution < 1.29 is 5.73 Å². The van der Waals surface area contributed by atoms with Crippen molar-refractivity contribution in [2.45, 2.75) is 6.54 Å². The number of pyridine rings is 2. The first kappa shape index (κ1) is 15.3. The summed E-state index contributed by atoms with van der Waals surface area (Å²) in [6.07, 6.45) is 1.63. The Bertz CT molecular complexity index is 1080. The third kappa shape index (κ3) is 2.84. The first-order chi connectivity index (χ1) is 12.3. The Morgan fingerprint density at radius 1 is 0.920 bits per heavy atom. The fourth-order valence-electron chi connectivity index (χ4n) is 3.00. The maximum atomic E-state index is 12.2. The van der Waals surface area contributed by atoms with Crippen molar-refractivity contribution in [1.82, 2.24) is 9.97 Å². The van der Waals surface area contributed by atoms with E-state index in [1.165, 1.54) is 5.56 Å². The van der Waals surface area contributed by atoms with Gasteiger partial charge in [0, 0.05) is 22.9 Å². The van der Waals surface area contributed by atoms with Crippen LogP contribution in [0.4, 0.5) is 0 Å². The predicted octanol–water partition coefficient (Wildman–Crippen LogP) is 3.00. The van der Waals surface area contributed by atoms with Gasteiger partial charge < -0.3 is 10.7 Å². The summed E-state index contributed by atoms with van der Waals surface area (Å²) in [4.78, 5) is 19.7. The molecule has 0 aliphatic heterocycles. The summed E-state index contributed by atoms with van der Waals surface area (Å²) in [5, 5.41) is 0.597. The molecule has 0 aliphatic rings. The molecular weight excluding hydrogens is 310 g/mol. The second-order valence-corrected chi connectivity index (χ2v) is 5.94. The number of nitrogens with one attached hydrogen (secondary N) is 1. The first-order valence-corrected chi connectivity index (χ1v) is 8.22. The number of hydrogen-bond donors (Lipinski definition) is 2. The van der Waals surface area contributed by atoms with Gasteiger partial charge in [0.2, 0.25) is 0 Å². The molecule has 4 aromatic rings. The molecule has 0 radical (unpaired) electrons. The molecule has 2 aromatic heterocycles. The van der Waals surface area contributed by atoms with Crippen molar-refractivity contribution in [1.29, 1.82) is 0 Å². The molecule has 4 heteroatoms. The number of hydrogen-bond acceptors (Lipinski definition) is 2. The van der Waals surface area contributed by atoms with Crippen LogP contribution in [0, 0.1) is 0 Å². The lowest BCUT2D eigenvalue weighted by atomic mass is 9.97. The number of H-pyrrole nitrogens is 1. The van der Waals surface area contributed by atoms with Gasteiger partial charge in [0.15, 0.2) is 0 Å². The van der Waals surface area contributed by atoms with Gasteiger partial charge in [-0.25, -0.2) is 4.98 Å². The zero-order valence-electron chi connectivity index (χ0n) is 13.7. The lowest BCUT2D eigenvalue weighted by Crippen LogP contribution is -2.47. The zero-order valence-corrected chi connectivity index (χ0v) is 13.7. The van der Waals surface area contributed by atoms with E-state index < -0.39 is 0 Å². The fraction of sp³-hybridized carbons (Fsp3) is 0.0476. The topological polar surface area (TPSA) is 73.4 Å². The number of nitrogens with zero attached hydrogens (tertiary/aromatic N) is 1. The van der Waals surface area contributed by atoms with E-state index in [9.17, 15) is 4.79 Å². The minimum atomic E-state index is -0.124. The van der Waals surface area contributed by atoms with Gasteiger partial charge in [-0.3, -0.25) is 4.79 Å². The van der Waals surface area contributed by atoms with Crippen molar-refractivity contribution in [3.05, 3.63) is 88.8 Å². The predicted molar refractivity (Wildman–Crippen MR) is 99.8 cm³/mol. The molecule has 0 fully saturated rings. The Morgan fingerprint density at radius 3 is 2.40 bits per heavy atom. The van der Waals surface area contributed by atoms with Crippen molar-refractivity contribution in [2.24, 2.45) is 0 Å².